The molecule has 0 saturated carbocycles. The molecule has 18 heavy (non-hydrogen) atoms. The maximum atomic E-state index is 12.5. The van der Waals surface area contributed by atoms with Crippen molar-refractivity contribution in [3.05, 3.63) is 18.2 Å². The number of aromatic nitrogens is 1. The van der Waals surface area contributed by atoms with Crippen molar-refractivity contribution >= 4 is 45.0 Å². The summed E-state index contributed by atoms with van der Waals surface area (Å²) in [5.74, 6) is -0.302. The van der Waals surface area contributed by atoms with E-state index in [1.807, 2.05) is 0 Å². The van der Waals surface area contributed by atoms with E-state index in [2.05, 4.69) is 10.3 Å². The van der Waals surface area contributed by atoms with Crippen LogP contribution in [0, 0.1) is 0 Å². The van der Waals surface area contributed by atoms with Crippen molar-refractivity contribution in [2.75, 3.05) is 5.32 Å². The second-order valence-corrected chi connectivity index (χ2v) is 4.53. The Morgan fingerprint density at radius 1 is 1.39 bits per heavy atom. The standard InChI is InChI=1S/C9H7BF3N2OS.K/c1-5(16)14-9-15-7-3-2-6(10(11,12)13)4-8(7)17-9;/h2-4H,1H3,(H,14,15,16);/q-1;+1. The summed E-state index contributed by atoms with van der Waals surface area (Å²) in [5, 5.41) is 2.75. The third kappa shape index (κ3) is 3.78. The van der Waals surface area contributed by atoms with Gasteiger partial charge in [-0.1, -0.05) is 23.5 Å². The van der Waals surface area contributed by atoms with E-state index in [-0.39, 0.29) is 57.3 Å². The predicted molar refractivity (Wildman–Crippen MR) is 62.6 cm³/mol. The zero-order valence-electron chi connectivity index (χ0n) is 9.71. The third-order valence-corrected chi connectivity index (χ3v) is 3.01. The van der Waals surface area contributed by atoms with Crippen LogP contribution >= 0.6 is 11.3 Å². The third-order valence-electron chi connectivity index (χ3n) is 2.07. The van der Waals surface area contributed by atoms with Gasteiger partial charge in [0.25, 0.3) is 0 Å². The van der Waals surface area contributed by atoms with Gasteiger partial charge in [0.2, 0.25) is 5.91 Å². The number of benzene rings is 1. The predicted octanol–water partition coefficient (Wildman–Crippen LogP) is -0.687. The molecule has 0 unspecified atom stereocenters. The van der Waals surface area contributed by atoms with Crippen LogP contribution in [0.3, 0.4) is 0 Å². The van der Waals surface area contributed by atoms with Gasteiger partial charge in [0.05, 0.1) is 10.2 Å². The fraction of sp³-hybridized carbons (Fsp3) is 0.111. The topological polar surface area (TPSA) is 42.0 Å². The van der Waals surface area contributed by atoms with Gasteiger partial charge in [0, 0.05) is 6.92 Å². The van der Waals surface area contributed by atoms with E-state index >= 15 is 0 Å². The first-order valence-electron chi connectivity index (χ1n) is 4.74. The minimum atomic E-state index is -5.00. The molecule has 0 atom stereocenters. The van der Waals surface area contributed by atoms with Crippen molar-refractivity contribution in [1.29, 1.82) is 0 Å². The van der Waals surface area contributed by atoms with Crippen LogP contribution in [0.5, 0.6) is 0 Å². The number of anilines is 1. The number of nitrogens with zero attached hydrogens (tertiary/aromatic N) is 1. The maximum Gasteiger partial charge on any atom is 1.00 e. The second-order valence-electron chi connectivity index (χ2n) is 3.50. The molecular formula is C9H7BF3KN2OS. The molecule has 2 aromatic rings. The first-order valence-corrected chi connectivity index (χ1v) is 5.56. The smallest absolute Gasteiger partial charge is 0.445 e. The molecule has 0 aliphatic carbocycles. The first kappa shape index (κ1) is 16.1. The van der Waals surface area contributed by atoms with Gasteiger partial charge in [0.15, 0.2) is 5.13 Å². The van der Waals surface area contributed by atoms with Gasteiger partial charge in [-0.2, -0.15) is 0 Å². The van der Waals surface area contributed by atoms with Gasteiger partial charge < -0.3 is 18.3 Å². The Balaban J connectivity index is 0.00000162. The van der Waals surface area contributed by atoms with Gasteiger partial charge in [-0.05, 0) is 6.07 Å². The Kier molecular flexibility index (Phi) is 5.39. The zero-order chi connectivity index (χ0) is 12.6. The summed E-state index contributed by atoms with van der Waals surface area (Å²) in [4.78, 5) is 14.8. The second kappa shape index (κ2) is 6.02. The fourth-order valence-corrected chi connectivity index (χ4v) is 2.31. The molecule has 9 heteroatoms. The van der Waals surface area contributed by atoms with Crippen LogP contribution in [0.25, 0.3) is 10.2 Å². The fourth-order valence-electron chi connectivity index (χ4n) is 1.35. The van der Waals surface area contributed by atoms with Gasteiger partial charge in [-0.25, -0.2) is 4.98 Å². The Labute approximate surface area is 148 Å². The number of halogens is 3. The van der Waals surface area contributed by atoms with Crippen molar-refractivity contribution in [2.24, 2.45) is 0 Å². The Morgan fingerprint density at radius 3 is 2.61 bits per heavy atom. The molecule has 2 rings (SSSR count). The summed E-state index contributed by atoms with van der Waals surface area (Å²) < 4.78 is 37.9. The first-order chi connectivity index (χ1) is 7.86. The molecule has 0 radical (unpaired) electrons. The SMILES string of the molecule is CC(=O)Nc1nc2ccc([B-](F)(F)F)cc2s1.[K+]. The molecule has 90 valence electrons. The van der Waals surface area contributed by atoms with Crippen LogP contribution in [0.2, 0.25) is 0 Å². The van der Waals surface area contributed by atoms with E-state index in [0.29, 0.717) is 15.3 Å². The van der Waals surface area contributed by atoms with Crippen LogP contribution in [0.15, 0.2) is 18.2 Å². The van der Waals surface area contributed by atoms with Crippen molar-refractivity contribution in [2.45, 2.75) is 6.92 Å². The van der Waals surface area contributed by atoms with E-state index < -0.39 is 12.4 Å². The van der Waals surface area contributed by atoms with E-state index in [0.717, 1.165) is 23.5 Å². The number of fused-ring (bicyclic) bond motifs is 1. The van der Waals surface area contributed by atoms with Crippen LogP contribution < -0.4 is 62.2 Å². The number of thiazole rings is 1. The van der Waals surface area contributed by atoms with Gasteiger partial charge in [-0.3, -0.25) is 4.79 Å². The van der Waals surface area contributed by atoms with Crippen LogP contribution in [0.4, 0.5) is 18.1 Å². The van der Waals surface area contributed by atoms with E-state index in [9.17, 15) is 17.7 Å². The maximum absolute atomic E-state index is 12.5. The van der Waals surface area contributed by atoms with E-state index in [4.69, 9.17) is 0 Å². The normalized spacial score (nSPS) is 11.1. The number of rotatable bonds is 2. The molecule has 0 fully saturated rings. The Hall–Kier alpha value is 0.0713. The number of carbonyl (C=O) groups excluding carboxylic acids is 1. The monoisotopic (exact) mass is 298 g/mol. The number of nitrogens with one attached hydrogen (secondary N) is 1. The number of carbonyl (C=O) groups is 1. The minimum absolute atomic E-state index is 0. The average molecular weight is 298 g/mol. The van der Waals surface area contributed by atoms with Crippen molar-refractivity contribution in [1.82, 2.24) is 4.98 Å². The summed E-state index contributed by atoms with van der Waals surface area (Å²) in [7, 11) is 0. The zero-order valence-corrected chi connectivity index (χ0v) is 13.6. The summed E-state index contributed by atoms with van der Waals surface area (Å²) in [5.41, 5.74) is -0.210. The molecule has 0 spiro atoms. The molecule has 1 heterocycles. The molecule has 1 amide bonds. The quantitative estimate of drug-likeness (QED) is 0.746. The summed E-state index contributed by atoms with van der Waals surface area (Å²) in [6.07, 6.45) is 0. The van der Waals surface area contributed by atoms with Crippen LogP contribution in [-0.2, 0) is 4.79 Å². The van der Waals surface area contributed by atoms with Gasteiger partial charge in [-0.15, -0.1) is 5.46 Å². The molecule has 0 saturated heterocycles. The summed E-state index contributed by atoms with van der Waals surface area (Å²) >= 11 is 1.02. The molecule has 0 aliphatic rings. The number of amides is 1. The Morgan fingerprint density at radius 2 is 2.06 bits per heavy atom. The Bertz CT molecular complexity index is 587. The molecule has 0 aliphatic heterocycles. The van der Waals surface area contributed by atoms with E-state index in [1.54, 1.807) is 0 Å². The number of hydrogen-bond donors (Lipinski definition) is 1. The minimum Gasteiger partial charge on any atom is -0.445 e. The molecular weight excluding hydrogens is 291 g/mol. The van der Waals surface area contributed by atoms with Crippen molar-refractivity contribution in [3.63, 3.8) is 0 Å². The van der Waals surface area contributed by atoms with E-state index in [1.165, 1.54) is 13.0 Å². The largest absolute Gasteiger partial charge is 1.00 e. The van der Waals surface area contributed by atoms with Crippen LogP contribution in [0.1, 0.15) is 6.92 Å². The summed E-state index contributed by atoms with van der Waals surface area (Å²) in [6, 6.07) is 3.36. The molecule has 1 aromatic carbocycles. The molecule has 3 nitrogen and oxygen atoms in total. The molecule has 0 bridgehead atoms. The molecule has 1 aromatic heterocycles. The average Bonchev–Trinajstić information content (AvgIpc) is 2.55. The van der Waals surface area contributed by atoms with Gasteiger partial charge in [0.1, 0.15) is 0 Å². The summed E-state index contributed by atoms with van der Waals surface area (Å²) in [6.45, 7) is -3.69. The van der Waals surface area contributed by atoms with Crippen molar-refractivity contribution in [3.8, 4) is 0 Å². The van der Waals surface area contributed by atoms with Crippen molar-refractivity contribution < 1.29 is 69.1 Å². The van der Waals surface area contributed by atoms with Gasteiger partial charge >= 0.3 is 58.4 Å². The molecule has 1 N–H and O–H groups in total. The van der Waals surface area contributed by atoms with Crippen LogP contribution in [-0.4, -0.2) is 17.9 Å². The number of hydrogen-bond acceptors (Lipinski definition) is 3.